The number of unbranched alkanes of at least 4 members (excludes halogenated alkanes) is 12. The molecule has 0 aliphatic carbocycles. The van der Waals surface area contributed by atoms with Gasteiger partial charge in [-0.15, -0.1) is 0 Å². The van der Waals surface area contributed by atoms with Crippen molar-refractivity contribution in [3.05, 3.63) is 0 Å². The van der Waals surface area contributed by atoms with Crippen LogP contribution in [0, 0.1) is 0 Å². The van der Waals surface area contributed by atoms with E-state index in [1.807, 2.05) is 0 Å². The second-order valence-electron chi connectivity index (χ2n) is 5.51. The molecule has 0 atom stereocenters. The second-order valence-corrected chi connectivity index (χ2v) is 5.70. The summed E-state index contributed by atoms with van der Waals surface area (Å²) in [5.74, 6) is -0.0512. The third kappa shape index (κ3) is 15.7. The predicted octanol–water partition coefficient (Wildman–Crippen LogP) is 5.74. The maximum atomic E-state index is 10.9. The zero-order valence-electron chi connectivity index (χ0n) is 12.7. The van der Waals surface area contributed by atoms with E-state index in [0.717, 1.165) is 12.8 Å². The number of amides is 1. The molecule has 0 aromatic heterocycles. The second kappa shape index (κ2) is 15.8. The van der Waals surface area contributed by atoms with Gasteiger partial charge >= 0.3 is 0 Å². The van der Waals surface area contributed by atoms with E-state index in [2.05, 4.69) is 11.8 Å². The van der Waals surface area contributed by atoms with Crippen molar-refractivity contribution in [1.29, 1.82) is 0 Å². The molecule has 1 amide bonds. The Morgan fingerprint density at radius 2 is 1.11 bits per heavy atom. The van der Waals surface area contributed by atoms with Crippen molar-refractivity contribution in [3.63, 3.8) is 0 Å². The van der Waals surface area contributed by atoms with Crippen molar-refractivity contribution in [2.75, 3.05) is 0 Å². The Morgan fingerprint density at radius 3 is 1.47 bits per heavy atom. The highest BCUT2D eigenvalue weighted by Crippen LogP contribution is 2.12. The number of nitrogens with one attached hydrogen (secondary N) is 1. The van der Waals surface area contributed by atoms with Crippen LogP contribution in [0.2, 0.25) is 0 Å². The molecule has 19 heavy (non-hydrogen) atoms. The molecule has 0 heterocycles. The van der Waals surface area contributed by atoms with Crippen LogP contribution >= 0.6 is 11.8 Å². The number of carbonyl (C=O) groups excluding carboxylic acids is 1. The molecule has 0 fully saturated rings. The van der Waals surface area contributed by atoms with E-state index in [-0.39, 0.29) is 5.91 Å². The molecule has 0 radical (unpaired) electrons. The fraction of sp³-hybridized carbons (Fsp3) is 0.938. The van der Waals surface area contributed by atoms with E-state index in [9.17, 15) is 4.79 Å². The molecule has 3 heteroatoms. The van der Waals surface area contributed by atoms with Gasteiger partial charge in [-0.3, -0.25) is 9.63 Å². The lowest BCUT2D eigenvalue weighted by Crippen LogP contribution is -2.11. The summed E-state index contributed by atoms with van der Waals surface area (Å²) >= 11 is 5.20. The summed E-state index contributed by atoms with van der Waals surface area (Å²) in [7, 11) is 0. The standard InChI is InChI=1S/C16H32ClNO/c1-2-3-4-5-6-7-8-9-10-11-12-13-14-15-16(19)18-17/h2-15H2,1H3,(H,18,19). The summed E-state index contributed by atoms with van der Waals surface area (Å²) in [5, 5.41) is 0. The number of halogens is 1. The Bertz CT molecular complexity index is 197. The smallest absolute Gasteiger partial charge is 0.234 e. The Kier molecular flexibility index (Phi) is 15.6. The first-order valence-electron chi connectivity index (χ1n) is 8.20. The molecule has 2 nitrogen and oxygen atoms in total. The quantitative estimate of drug-likeness (QED) is 0.321. The molecular weight excluding hydrogens is 258 g/mol. The van der Waals surface area contributed by atoms with E-state index in [1.165, 1.54) is 70.6 Å². The van der Waals surface area contributed by atoms with Gasteiger partial charge in [-0.2, -0.15) is 0 Å². The highest BCUT2D eigenvalue weighted by molar-refractivity contribution is 6.21. The lowest BCUT2D eigenvalue weighted by atomic mass is 10.0. The van der Waals surface area contributed by atoms with Crippen LogP contribution in [0.15, 0.2) is 0 Å². The van der Waals surface area contributed by atoms with Crippen molar-refractivity contribution in [2.24, 2.45) is 0 Å². The molecule has 0 saturated carbocycles. The first-order chi connectivity index (χ1) is 9.31. The van der Waals surface area contributed by atoms with E-state index in [0.29, 0.717) is 6.42 Å². The molecular formula is C16H32ClNO. The van der Waals surface area contributed by atoms with E-state index in [1.54, 1.807) is 0 Å². The number of hydrogen-bond donors (Lipinski definition) is 1. The highest BCUT2D eigenvalue weighted by Gasteiger charge is 1.98. The van der Waals surface area contributed by atoms with Crippen molar-refractivity contribution in [2.45, 2.75) is 96.8 Å². The lowest BCUT2D eigenvalue weighted by Gasteiger charge is -2.02. The van der Waals surface area contributed by atoms with E-state index < -0.39 is 0 Å². The SMILES string of the molecule is CCCCCCCCCCCCCCCC(=O)NCl. The van der Waals surface area contributed by atoms with Crippen molar-refractivity contribution < 1.29 is 4.79 Å². The normalized spacial score (nSPS) is 10.6. The summed E-state index contributed by atoms with van der Waals surface area (Å²) in [6.45, 7) is 2.27. The molecule has 1 N–H and O–H groups in total. The van der Waals surface area contributed by atoms with E-state index in [4.69, 9.17) is 11.8 Å². The van der Waals surface area contributed by atoms with Crippen LogP contribution in [-0.4, -0.2) is 5.91 Å². The van der Waals surface area contributed by atoms with Gasteiger partial charge in [0.15, 0.2) is 0 Å². The first kappa shape index (κ1) is 18.8. The number of carbonyl (C=O) groups is 1. The Morgan fingerprint density at radius 1 is 0.737 bits per heavy atom. The average molecular weight is 290 g/mol. The number of rotatable bonds is 14. The van der Waals surface area contributed by atoms with Gasteiger partial charge in [-0.05, 0) is 6.42 Å². The Hall–Kier alpha value is -0.240. The first-order valence-corrected chi connectivity index (χ1v) is 8.58. The fourth-order valence-electron chi connectivity index (χ4n) is 2.35. The van der Waals surface area contributed by atoms with Crippen molar-refractivity contribution in [1.82, 2.24) is 4.84 Å². The van der Waals surface area contributed by atoms with Crippen LogP contribution in [0.5, 0.6) is 0 Å². The fourth-order valence-corrected chi connectivity index (χ4v) is 2.45. The molecule has 0 unspecified atom stereocenters. The van der Waals surface area contributed by atoms with E-state index >= 15 is 0 Å². The van der Waals surface area contributed by atoms with Crippen LogP contribution in [0.3, 0.4) is 0 Å². The number of hydrogen-bond acceptors (Lipinski definition) is 1. The minimum Gasteiger partial charge on any atom is -0.274 e. The van der Waals surface area contributed by atoms with Crippen molar-refractivity contribution >= 4 is 17.7 Å². The minimum atomic E-state index is -0.0512. The topological polar surface area (TPSA) is 29.1 Å². The third-order valence-corrected chi connectivity index (χ3v) is 3.82. The van der Waals surface area contributed by atoms with Gasteiger partial charge in [0, 0.05) is 18.2 Å². The molecule has 0 aliphatic rings. The molecule has 0 aliphatic heterocycles. The molecule has 114 valence electrons. The summed E-state index contributed by atoms with van der Waals surface area (Å²) in [5.41, 5.74) is 0. The summed E-state index contributed by atoms with van der Waals surface area (Å²) in [6.07, 6.45) is 17.8. The van der Waals surface area contributed by atoms with Crippen LogP contribution < -0.4 is 4.84 Å². The van der Waals surface area contributed by atoms with Gasteiger partial charge in [0.2, 0.25) is 5.91 Å². The van der Waals surface area contributed by atoms with Gasteiger partial charge < -0.3 is 0 Å². The molecule has 0 aromatic carbocycles. The summed E-state index contributed by atoms with van der Waals surface area (Å²) < 4.78 is 0. The molecule has 0 saturated heterocycles. The van der Waals surface area contributed by atoms with Gasteiger partial charge in [-0.25, -0.2) is 0 Å². The molecule has 0 aromatic rings. The highest BCUT2D eigenvalue weighted by atomic mass is 35.5. The summed E-state index contributed by atoms with van der Waals surface area (Å²) in [4.78, 5) is 13.0. The average Bonchev–Trinajstić information content (AvgIpc) is 2.43. The third-order valence-electron chi connectivity index (χ3n) is 3.61. The van der Waals surface area contributed by atoms with Gasteiger partial charge in [0.05, 0.1) is 0 Å². The van der Waals surface area contributed by atoms with Crippen LogP contribution in [0.1, 0.15) is 96.8 Å². The Labute approximate surface area is 124 Å². The lowest BCUT2D eigenvalue weighted by molar-refractivity contribution is -0.119. The van der Waals surface area contributed by atoms with Gasteiger partial charge in [-0.1, -0.05) is 84.0 Å². The summed E-state index contributed by atoms with van der Waals surface area (Å²) in [6, 6.07) is 0. The molecule has 0 bridgehead atoms. The zero-order chi connectivity index (χ0) is 14.2. The minimum absolute atomic E-state index is 0.0512. The zero-order valence-corrected chi connectivity index (χ0v) is 13.4. The van der Waals surface area contributed by atoms with Crippen LogP contribution in [0.25, 0.3) is 0 Å². The maximum absolute atomic E-state index is 10.9. The molecule has 0 spiro atoms. The Balaban J connectivity index is 2.97. The van der Waals surface area contributed by atoms with Gasteiger partial charge in [0.1, 0.15) is 0 Å². The molecule has 0 rings (SSSR count). The van der Waals surface area contributed by atoms with Crippen LogP contribution in [-0.2, 0) is 4.79 Å². The predicted molar refractivity (Wildman–Crippen MR) is 84.3 cm³/mol. The van der Waals surface area contributed by atoms with Gasteiger partial charge in [0.25, 0.3) is 0 Å². The monoisotopic (exact) mass is 289 g/mol. The van der Waals surface area contributed by atoms with Crippen LogP contribution in [0.4, 0.5) is 0 Å². The maximum Gasteiger partial charge on any atom is 0.234 e. The largest absolute Gasteiger partial charge is 0.274 e. The van der Waals surface area contributed by atoms with Crippen molar-refractivity contribution in [3.8, 4) is 0 Å².